The van der Waals surface area contributed by atoms with E-state index in [2.05, 4.69) is 55.4 Å². The minimum Gasteiger partial charge on any atom is -0.303 e. The zero-order valence-electron chi connectivity index (χ0n) is 16.6. The van der Waals surface area contributed by atoms with Crippen LogP contribution in [0, 0.1) is 64.1 Å². The van der Waals surface area contributed by atoms with E-state index in [4.69, 9.17) is 0 Å². The van der Waals surface area contributed by atoms with Gasteiger partial charge in [-0.3, -0.25) is 0 Å². The van der Waals surface area contributed by atoms with Crippen molar-refractivity contribution in [3.8, 4) is 0 Å². The van der Waals surface area contributed by atoms with E-state index in [0.29, 0.717) is 22.7 Å². The molecule has 9 atom stereocenters. The molecule has 0 aromatic heterocycles. The first-order valence-corrected chi connectivity index (χ1v) is 9.93. The maximum atomic E-state index is 11.6. The molecule has 0 amide bonds. The molecule has 1 nitrogen and oxygen atoms in total. The number of aldehydes is 1. The highest BCUT2D eigenvalue weighted by molar-refractivity contribution is 5.55. The molecule has 3 fully saturated rings. The summed E-state index contributed by atoms with van der Waals surface area (Å²) in [5.74, 6) is 6.62. The number of rotatable bonds is 1. The summed E-state index contributed by atoms with van der Waals surface area (Å²) < 4.78 is 0. The van der Waals surface area contributed by atoms with Gasteiger partial charge in [0.2, 0.25) is 0 Å². The van der Waals surface area contributed by atoms with Gasteiger partial charge in [-0.2, -0.15) is 0 Å². The SMILES string of the molecule is CC1C2C3CC(CC3C=O)[C@H]2C(C)C(C(C)(C)C)C1C(C)(C)C. The third kappa shape index (κ3) is 2.52. The van der Waals surface area contributed by atoms with E-state index in [9.17, 15) is 4.79 Å². The number of hydrogen-bond donors (Lipinski definition) is 0. The molecule has 0 radical (unpaired) electrons. The van der Waals surface area contributed by atoms with E-state index in [0.717, 1.165) is 41.4 Å². The van der Waals surface area contributed by atoms with Crippen LogP contribution in [0.5, 0.6) is 0 Å². The predicted octanol–water partition coefficient (Wildman–Crippen LogP) is 5.68. The van der Waals surface area contributed by atoms with Crippen LogP contribution in [0.15, 0.2) is 0 Å². The van der Waals surface area contributed by atoms with Crippen LogP contribution in [0.25, 0.3) is 0 Å². The summed E-state index contributed by atoms with van der Waals surface area (Å²) in [6.45, 7) is 19.8. The van der Waals surface area contributed by atoms with Gasteiger partial charge < -0.3 is 4.79 Å². The molecule has 0 spiro atoms. The lowest BCUT2D eigenvalue weighted by atomic mass is 9.45. The summed E-state index contributed by atoms with van der Waals surface area (Å²) in [6, 6.07) is 0. The van der Waals surface area contributed by atoms with Crippen molar-refractivity contribution in [1.82, 2.24) is 0 Å². The van der Waals surface area contributed by atoms with Crippen molar-refractivity contribution < 1.29 is 4.79 Å². The van der Waals surface area contributed by atoms with Gasteiger partial charge in [0.1, 0.15) is 6.29 Å². The molecule has 132 valence electrons. The molecule has 23 heavy (non-hydrogen) atoms. The van der Waals surface area contributed by atoms with Crippen LogP contribution < -0.4 is 0 Å². The lowest BCUT2D eigenvalue weighted by Gasteiger charge is -2.60. The molecule has 0 N–H and O–H groups in total. The Kier molecular flexibility index (Phi) is 4.06. The standard InChI is InChI=1S/C22H38O/c1-12-17-14-9-15(11-23)16(10-14)18(17)13(2)20(22(6,7)8)19(12)21(3,4)5/h11-20H,9-10H2,1-8H3/t12?,13?,14?,15?,16?,17-,18?,19?,20?/m1/s1. The van der Waals surface area contributed by atoms with E-state index in [1.165, 1.54) is 19.1 Å². The average Bonchev–Trinajstić information content (AvgIpc) is 2.97. The quantitative estimate of drug-likeness (QED) is 0.568. The minimum atomic E-state index is 0.342. The van der Waals surface area contributed by atoms with E-state index < -0.39 is 0 Å². The molecule has 2 bridgehead atoms. The lowest BCUT2D eigenvalue weighted by Crippen LogP contribution is -2.55. The summed E-state index contributed by atoms with van der Waals surface area (Å²) in [5.41, 5.74) is 0.706. The molecule has 0 aromatic rings. The smallest absolute Gasteiger partial charge is 0.123 e. The average molecular weight is 319 g/mol. The van der Waals surface area contributed by atoms with Gasteiger partial charge in [-0.15, -0.1) is 0 Å². The largest absolute Gasteiger partial charge is 0.303 e. The summed E-state index contributed by atoms with van der Waals surface area (Å²) in [4.78, 5) is 11.6. The molecule has 0 heterocycles. The molecule has 3 rings (SSSR count). The Hall–Kier alpha value is -0.330. The second-order valence-corrected chi connectivity index (χ2v) is 11.4. The fourth-order valence-corrected chi connectivity index (χ4v) is 7.97. The molecule has 8 unspecified atom stereocenters. The van der Waals surface area contributed by atoms with Gasteiger partial charge in [-0.25, -0.2) is 0 Å². The molecule has 3 aliphatic rings. The van der Waals surface area contributed by atoms with E-state index >= 15 is 0 Å². The molecule has 3 saturated carbocycles. The van der Waals surface area contributed by atoms with E-state index in [1.54, 1.807) is 0 Å². The Labute approximate surface area is 144 Å². The lowest BCUT2D eigenvalue weighted by molar-refractivity contribution is -0.130. The monoisotopic (exact) mass is 318 g/mol. The van der Waals surface area contributed by atoms with E-state index in [1.807, 2.05) is 0 Å². The topological polar surface area (TPSA) is 17.1 Å². The van der Waals surface area contributed by atoms with Gasteiger partial charge in [0.05, 0.1) is 0 Å². The maximum absolute atomic E-state index is 11.6. The Morgan fingerprint density at radius 1 is 0.783 bits per heavy atom. The first-order valence-electron chi connectivity index (χ1n) is 9.93. The maximum Gasteiger partial charge on any atom is 0.123 e. The molecular weight excluding hydrogens is 280 g/mol. The summed E-state index contributed by atoms with van der Waals surface area (Å²) >= 11 is 0. The van der Waals surface area contributed by atoms with Gasteiger partial charge in [0.15, 0.2) is 0 Å². The van der Waals surface area contributed by atoms with Crippen molar-refractivity contribution in [3.63, 3.8) is 0 Å². The van der Waals surface area contributed by atoms with Gasteiger partial charge >= 0.3 is 0 Å². The normalized spacial score (nSPS) is 50.0. The van der Waals surface area contributed by atoms with Crippen LogP contribution in [0.3, 0.4) is 0 Å². The van der Waals surface area contributed by atoms with E-state index in [-0.39, 0.29) is 0 Å². The minimum absolute atomic E-state index is 0.342. The fourth-order valence-electron chi connectivity index (χ4n) is 7.97. The summed E-state index contributed by atoms with van der Waals surface area (Å²) in [7, 11) is 0. The number of carbonyl (C=O) groups excluding carboxylic acids is 1. The Morgan fingerprint density at radius 3 is 1.70 bits per heavy atom. The van der Waals surface area contributed by atoms with Crippen LogP contribution in [0.2, 0.25) is 0 Å². The van der Waals surface area contributed by atoms with Crippen molar-refractivity contribution in [3.05, 3.63) is 0 Å². The predicted molar refractivity (Wildman–Crippen MR) is 97.0 cm³/mol. The molecule has 0 aliphatic heterocycles. The summed E-state index contributed by atoms with van der Waals surface area (Å²) in [6.07, 6.45) is 3.81. The van der Waals surface area contributed by atoms with Crippen LogP contribution in [0.4, 0.5) is 0 Å². The van der Waals surface area contributed by atoms with Crippen LogP contribution in [0.1, 0.15) is 68.2 Å². The van der Waals surface area contributed by atoms with Crippen molar-refractivity contribution in [1.29, 1.82) is 0 Å². The number of carbonyl (C=O) groups is 1. The second-order valence-electron chi connectivity index (χ2n) is 11.4. The Morgan fingerprint density at radius 2 is 1.26 bits per heavy atom. The Balaban J connectivity index is 2.03. The number of fused-ring (bicyclic) bond motifs is 5. The molecule has 1 heteroatoms. The third-order valence-corrected chi connectivity index (χ3v) is 8.09. The van der Waals surface area contributed by atoms with Crippen LogP contribution in [-0.4, -0.2) is 6.29 Å². The van der Waals surface area contributed by atoms with Crippen molar-refractivity contribution in [2.45, 2.75) is 68.2 Å². The zero-order chi connectivity index (χ0) is 17.3. The van der Waals surface area contributed by atoms with Crippen molar-refractivity contribution >= 4 is 6.29 Å². The molecule has 0 saturated heterocycles. The Bertz CT molecular complexity index is 465. The molecule has 3 aliphatic carbocycles. The van der Waals surface area contributed by atoms with Crippen LogP contribution >= 0.6 is 0 Å². The van der Waals surface area contributed by atoms with Crippen molar-refractivity contribution in [2.24, 2.45) is 64.1 Å². The number of hydrogen-bond acceptors (Lipinski definition) is 1. The highest BCUT2D eigenvalue weighted by atomic mass is 16.1. The van der Waals surface area contributed by atoms with Crippen molar-refractivity contribution in [2.75, 3.05) is 0 Å². The summed E-state index contributed by atoms with van der Waals surface area (Å²) in [5, 5.41) is 0. The van der Waals surface area contributed by atoms with Gasteiger partial charge in [-0.1, -0.05) is 55.4 Å². The fraction of sp³-hybridized carbons (Fsp3) is 0.955. The van der Waals surface area contributed by atoms with Gasteiger partial charge in [0, 0.05) is 5.92 Å². The first kappa shape index (κ1) is 17.5. The van der Waals surface area contributed by atoms with Gasteiger partial charge in [-0.05, 0) is 71.0 Å². The molecule has 0 aromatic carbocycles. The molecular formula is C22H38O. The second kappa shape index (κ2) is 5.33. The van der Waals surface area contributed by atoms with Crippen LogP contribution in [-0.2, 0) is 4.79 Å². The van der Waals surface area contributed by atoms with Gasteiger partial charge in [0.25, 0.3) is 0 Å². The highest BCUT2D eigenvalue weighted by Gasteiger charge is 2.63. The third-order valence-electron chi connectivity index (χ3n) is 8.09. The highest BCUT2D eigenvalue weighted by Crippen LogP contribution is 2.68. The zero-order valence-corrected chi connectivity index (χ0v) is 16.6. The first-order chi connectivity index (χ1) is 10.5.